The molecule has 0 aromatic carbocycles. The van der Waals surface area contributed by atoms with E-state index in [2.05, 4.69) is 15.6 Å². The van der Waals surface area contributed by atoms with Crippen molar-refractivity contribution in [3.8, 4) is 0 Å². The number of carbonyl (C=O) groups excluding carboxylic acids is 2. The SMILES string of the molecule is CCC(C)NC(=O)c1sc(CNC(=O)OC(C)(C)C)nc1C. The molecule has 0 saturated heterocycles. The molecule has 1 atom stereocenters. The summed E-state index contributed by atoms with van der Waals surface area (Å²) < 4.78 is 5.16. The minimum Gasteiger partial charge on any atom is -0.444 e. The topological polar surface area (TPSA) is 80.3 Å². The van der Waals surface area contributed by atoms with Gasteiger partial charge in [-0.05, 0) is 41.0 Å². The molecule has 0 aliphatic heterocycles. The first kappa shape index (κ1) is 18.4. The number of carbonyl (C=O) groups is 2. The van der Waals surface area contributed by atoms with Gasteiger partial charge < -0.3 is 15.4 Å². The second-order valence-corrected chi connectivity index (χ2v) is 7.24. The highest BCUT2D eigenvalue weighted by Gasteiger charge is 2.19. The number of hydrogen-bond acceptors (Lipinski definition) is 5. The second-order valence-electron chi connectivity index (χ2n) is 6.16. The Bertz CT molecular complexity index is 535. The standard InChI is InChI=1S/C15H25N3O3S/c1-7-9(2)17-13(19)12-10(3)18-11(22-12)8-16-14(20)21-15(4,5)6/h9H,7-8H2,1-6H3,(H,16,20)(H,17,19). The van der Waals surface area contributed by atoms with Crippen LogP contribution in [0, 0.1) is 6.92 Å². The number of aryl methyl sites for hydroxylation is 1. The van der Waals surface area contributed by atoms with Crippen molar-refractivity contribution >= 4 is 23.3 Å². The molecule has 1 rings (SSSR count). The summed E-state index contributed by atoms with van der Waals surface area (Å²) in [4.78, 5) is 28.6. The highest BCUT2D eigenvalue weighted by atomic mass is 32.1. The predicted octanol–water partition coefficient (Wildman–Crippen LogP) is 3.00. The lowest BCUT2D eigenvalue weighted by molar-refractivity contribution is 0.0523. The zero-order valence-electron chi connectivity index (χ0n) is 14.1. The quantitative estimate of drug-likeness (QED) is 0.871. The fourth-order valence-electron chi connectivity index (χ4n) is 1.59. The van der Waals surface area contributed by atoms with Gasteiger partial charge in [-0.15, -0.1) is 11.3 Å². The number of nitrogens with one attached hydrogen (secondary N) is 2. The van der Waals surface area contributed by atoms with Crippen LogP contribution in [0.3, 0.4) is 0 Å². The van der Waals surface area contributed by atoms with Crippen LogP contribution in [-0.4, -0.2) is 28.6 Å². The van der Waals surface area contributed by atoms with Gasteiger partial charge in [0.2, 0.25) is 0 Å². The maximum atomic E-state index is 12.1. The van der Waals surface area contributed by atoms with Gasteiger partial charge in [-0.2, -0.15) is 0 Å². The van der Waals surface area contributed by atoms with E-state index in [4.69, 9.17) is 4.74 Å². The lowest BCUT2D eigenvalue weighted by atomic mass is 10.2. The highest BCUT2D eigenvalue weighted by Crippen LogP contribution is 2.18. The van der Waals surface area contributed by atoms with Crippen molar-refractivity contribution < 1.29 is 14.3 Å². The molecule has 2 amide bonds. The summed E-state index contributed by atoms with van der Waals surface area (Å²) in [6.45, 7) is 11.4. The first-order chi connectivity index (χ1) is 10.1. The van der Waals surface area contributed by atoms with Crippen molar-refractivity contribution in [2.75, 3.05) is 0 Å². The second kappa shape index (κ2) is 7.58. The average Bonchev–Trinajstić information content (AvgIpc) is 2.75. The van der Waals surface area contributed by atoms with Crippen molar-refractivity contribution in [1.29, 1.82) is 0 Å². The zero-order valence-corrected chi connectivity index (χ0v) is 14.9. The molecule has 0 saturated carbocycles. The number of thiazole rings is 1. The first-order valence-corrected chi connectivity index (χ1v) is 8.18. The number of rotatable bonds is 5. The minimum atomic E-state index is -0.537. The van der Waals surface area contributed by atoms with Crippen LogP contribution < -0.4 is 10.6 Å². The van der Waals surface area contributed by atoms with Crippen LogP contribution in [0.1, 0.15) is 61.4 Å². The van der Waals surface area contributed by atoms with E-state index in [1.165, 1.54) is 11.3 Å². The Balaban J connectivity index is 2.62. The van der Waals surface area contributed by atoms with Gasteiger partial charge in [0.25, 0.3) is 5.91 Å². The molecule has 7 heteroatoms. The third-order valence-corrected chi connectivity index (χ3v) is 3.98. The number of amides is 2. The molecule has 1 unspecified atom stereocenters. The van der Waals surface area contributed by atoms with Gasteiger partial charge in [-0.1, -0.05) is 6.92 Å². The molecule has 6 nitrogen and oxygen atoms in total. The van der Waals surface area contributed by atoms with E-state index in [0.29, 0.717) is 15.6 Å². The first-order valence-electron chi connectivity index (χ1n) is 7.36. The van der Waals surface area contributed by atoms with Crippen LogP contribution in [0.2, 0.25) is 0 Å². The molecule has 0 aliphatic carbocycles. The third kappa shape index (κ3) is 6.01. The zero-order chi connectivity index (χ0) is 16.9. The lowest BCUT2D eigenvalue weighted by Gasteiger charge is -2.19. The smallest absolute Gasteiger partial charge is 0.408 e. The molecule has 0 fully saturated rings. The lowest BCUT2D eigenvalue weighted by Crippen LogP contribution is -2.32. The molecule has 124 valence electrons. The minimum absolute atomic E-state index is 0.118. The largest absolute Gasteiger partial charge is 0.444 e. The van der Waals surface area contributed by atoms with Gasteiger partial charge >= 0.3 is 6.09 Å². The van der Waals surface area contributed by atoms with Gasteiger partial charge in [0, 0.05) is 6.04 Å². The van der Waals surface area contributed by atoms with Gasteiger partial charge in [0.05, 0.1) is 12.2 Å². The fourth-order valence-corrected chi connectivity index (χ4v) is 2.50. The Morgan fingerprint density at radius 3 is 2.55 bits per heavy atom. The summed E-state index contributed by atoms with van der Waals surface area (Å²) in [5.74, 6) is -0.118. The van der Waals surface area contributed by atoms with Crippen LogP contribution in [0.5, 0.6) is 0 Å². The van der Waals surface area contributed by atoms with Crippen LogP contribution in [0.15, 0.2) is 0 Å². The number of aromatic nitrogens is 1. The summed E-state index contributed by atoms with van der Waals surface area (Å²) in [6.07, 6.45) is 0.377. The van der Waals surface area contributed by atoms with Gasteiger partial charge in [0.1, 0.15) is 15.5 Å². The van der Waals surface area contributed by atoms with Gasteiger partial charge in [0.15, 0.2) is 0 Å². The molecule has 0 bridgehead atoms. The summed E-state index contributed by atoms with van der Waals surface area (Å²) >= 11 is 1.29. The molecule has 1 heterocycles. The average molecular weight is 327 g/mol. The number of alkyl carbamates (subject to hydrolysis) is 1. The fraction of sp³-hybridized carbons (Fsp3) is 0.667. The van der Waals surface area contributed by atoms with Crippen LogP contribution >= 0.6 is 11.3 Å². The maximum Gasteiger partial charge on any atom is 0.408 e. The van der Waals surface area contributed by atoms with Crippen molar-refractivity contribution in [3.63, 3.8) is 0 Å². The van der Waals surface area contributed by atoms with Gasteiger partial charge in [-0.25, -0.2) is 9.78 Å². The normalized spacial score (nSPS) is 12.6. The summed E-state index contributed by atoms with van der Waals surface area (Å²) in [5, 5.41) is 6.24. The maximum absolute atomic E-state index is 12.1. The number of ether oxygens (including phenoxy) is 1. The van der Waals surface area contributed by atoms with E-state index in [9.17, 15) is 9.59 Å². The van der Waals surface area contributed by atoms with Crippen molar-refractivity contribution in [1.82, 2.24) is 15.6 Å². The van der Waals surface area contributed by atoms with E-state index in [-0.39, 0.29) is 18.5 Å². The van der Waals surface area contributed by atoms with E-state index in [0.717, 1.165) is 6.42 Å². The van der Waals surface area contributed by atoms with Crippen LogP contribution in [-0.2, 0) is 11.3 Å². The Morgan fingerprint density at radius 2 is 2.00 bits per heavy atom. The monoisotopic (exact) mass is 327 g/mol. The summed E-state index contributed by atoms with van der Waals surface area (Å²) in [7, 11) is 0. The van der Waals surface area contributed by atoms with E-state index >= 15 is 0 Å². The number of nitrogens with zero attached hydrogens (tertiary/aromatic N) is 1. The molecule has 22 heavy (non-hydrogen) atoms. The van der Waals surface area contributed by atoms with E-state index < -0.39 is 11.7 Å². The van der Waals surface area contributed by atoms with E-state index in [1.807, 2.05) is 13.8 Å². The molecule has 2 N–H and O–H groups in total. The molecule has 0 spiro atoms. The van der Waals surface area contributed by atoms with Crippen molar-refractivity contribution in [2.24, 2.45) is 0 Å². The Hall–Kier alpha value is -1.63. The molecular formula is C15H25N3O3S. The summed E-state index contributed by atoms with van der Waals surface area (Å²) in [6, 6.07) is 0.123. The summed E-state index contributed by atoms with van der Waals surface area (Å²) in [5.41, 5.74) is 0.135. The molecule has 1 aromatic rings. The van der Waals surface area contributed by atoms with Crippen molar-refractivity contribution in [2.45, 2.75) is 66.2 Å². The highest BCUT2D eigenvalue weighted by molar-refractivity contribution is 7.13. The Labute approximate surface area is 135 Å². The van der Waals surface area contributed by atoms with Crippen LogP contribution in [0.4, 0.5) is 4.79 Å². The van der Waals surface area contributed by atoms with Gasteiger partial charge in [-0.3, -0.25) is 4.79 Å². The molecular weight excluding hydrogens is 302 g/mol. The molecule has 1 aromatic heterocycles. The molecule has 0 radical (unpaired) electrons. The Morgan fingerprint density at radius 1 is 1.36 bits per heavy atom. The third-order valence-electron chi connectivity index (χ3n) is 2.82. The van der Waals surface area contributed by atoms with Crippen molar-refractivity contribution in [3.05, 3.63) is 15.6 Å². The van der Waals surface area contributed by atoms with E-state index in [1.54, 1.807) is 27.7 Å². The Kier molecular flexibility index (Phi) is 6.34. The number of hydrogen-bond donors (Lipinski definition) is 2. The van der Waals surface area contributed by atoms with Crippen LogP contribution in [0.25, 0.3) is 0 Å². The molecule has 0 aliphatic rings. The predicted molar refractivity (Wildman–Crippen MR) is 87.1 cm³/mol.